The van der Waals surface area contributed by atoms with Gasteiger partial charge in [0.15, 0.2) is 0 Å². The largest absolute Gasteiger partial charge is 0.373 e. The van der Waals surface area contributed by atoms with Crippen LogP contribution in [0.4, 0.5) is 5.69 Å². The van der Waals surface area contributed by atoms with Crippen molar-refractivity contribution in [3.63, 3.8) is 0 Å². The summed E-state index contributed by atoms with van der Waals surface area (Å²) in [4.78, 5) is 23.0. The van der Waals surface area contributed by atoms with E-state index in [-0.39, 0.29) is 17.9 Å². The summed E-state index contributed by atoms with van der Waals surface area (Å²) < 4.78 is 0. The highest BCUT2D eigenvalue weighted by Gasteiger charge is 2.26. The topological polar surface area (TPSA) is 58.2 Å². The van der Waals surface area contributed by atoms with Gasteiger partial charge in [0.1, 0.15) is 6.04 Å². The summed E-state index contributed by atoms with van der Waals surface area (Å²) in [7, 11) is 0. The summed E-state index contributed by atoms with van der Waals surface area (Å²) in [6, 6.07) is 11.8. The molecule has 1 heterocycles. The van der Waals surface area contributed by atoms with Gasteiger partial charge in [-0.15, -0.1) is 0 Å². The zero-order valence-corrected chi connectivity index (χ0v) is 13.3. The number of anilines is 1. The summed E-state index contributed by atoms with van der Waals surface area (Å²) in [6.45, 7) is 6.07. The monoisotopic (exact) mass is 298 g/mol. The molecule has 1 unspecified atom stereocenters. The first-order valence-electron chi connectivity index (χ1n) is 7.74. The van der Waals surface area contributed by atoms with Crippen molar-refractivity contribution in [1.82, 2.24) is 5.32 Å². The molecule has 4 heteroatoms. The Kier molecular flexibility index (Phi) is 5.15. The normalized spacial score (nSPS) is 17.5. The number of carbonyl (C=O) groups is 2. The van der Waals surface area contributed by atoms with Crippen molar-refractivity contribution < 1.29 is 9.59 Å². The first-order chi connectivity index (χ1) is 10.6. The number of imide groups is 1. The third-order valence-corrected chi connectivity index (χ3v) is 3.71. The molecule has 1 fully saturated rings. The molecule has 0 aromatic heterocycles. The fourth-order valence-corrected chi connectivity index (χ4v) is 2.59. The highest BCUT2D eigenvalue weighted by Crippen LogP contribution is 2.27. The summed E-state index contributed by atoms with van der Waals surface area (Å²) >= 11 is 0. The molecular weight excluding hydrogens is 276 g/mol. The van der Waals surface area contributed by atoms with Crippen LogP contribution in [0.25, 0.3) is 10.8 Å². The van der Waals surface area contributed by atoms with E-state index >= 15 is 0 Å². The van der Waals surface area contributed by atoms with Crippen LogP contribution < -0.4 is 10.6 Å². The fraction of sp³-hybridized carbons (Fsp3) is 0.333. The second kappa shape index (κ2) is 7.07. The number of nitrogens with one attached hydrogen (secondary N) is 2. The molecule has 3 rings (SSSR count). The third-order valence-electron chi connectivity index (χ3n) is 3.71. The van der Waals surface area contributed by atoms with E-state index in [1.54, 1.807) is 0 Å². The van der Waals surface area contributed by atoms with Gasteiger partial charge in [-0.05, 0) is 30.4 Å². The van der Waals surface area contributed by atoms with E-state index in [1.807, 2.05) is 44.2 Å². The van der Waals surface area contributed by atoms with Crippen LogP contribution in [-0.4, -0.2) is 17.9 Å². The smallest absolute Gasteiger partial charge is 0.249 e. The predicted octanol–water partition coefficient (Wildman–Crippen LogP) is 3.39. The van der Waals surface area contributed by atoms with E-state index in [9.17, 15) is 9.59 Å². The number of hydrogen-bond acceptors (Lipinski definition) is 3. The van der Waals surface area contributed by atoms with Crippen molar-refractivity contribution >= 4 is 28.3 Å². The molecule has 0 radical (unpaired) electrons. The lowest BCUT2D eigenvalue weighted by atomic mass is 10.0. The van der Waals surface area contributed by atoms with Gasteiger partial charge in [-0.2, -0.15) is 0 Å². The van der Waals surface area contributed by atoms with Gasteiger partial charge in [-0.25, -0.2) is 0 Å². The molecule has 2 amide bonds. The zero-order chi connectivity index (χ0) is 16.1. The van der Waals surface area contributed by atoms with Crippen molar-refractivity contribution in [2.45, 2.75) is 39.7 Å². The second-order valence-corrected chi connectivity index (χ2v) is 5.12. The van der Waals surface area contributed by atoms with E-state index in [0.29, 0.717) is 12.8 Å². The minimum absolute atomic E-state index is 0.193. The molecule has 1 saturated heterocycles. The molecule has 1 aliphatic heterocycles. The Bertz CT molecular complexity index is 695. The van der Waals surface area contributed by atoms with Crippen LogP contribution in [0.2, 0.25) is 0 Å². The minimum Gasteiger partial charge on any atom is -0.373 e. The van der Waals surface area contributed by atoms with Gasteiger partial charge >= 0.3 is 0 Å². The Morgan fingerprint density at radius 3 is 2.41 bits per heavy atom. The molecular formula is C18H22N2O2. The van der Waals surface area contributed by atoms with Gasteiger partial charge in [0.05, 0.1) is 0 Å². The van der Waals surface area contributed by atoms with E-state index < -0.39 is 0 Å². The van der Waals surface area contributed by atoms with Crippen LogP contribution in [0.1, 0.15) is 32.3 Å². The average Bonchev–Trinajstić information content (AvgIpc) is 2.54. The predicted molar refractivity (Wildman–Crippen MR) is 89.8 cm³/mol. The number of aryl methyl sites for hydroxylation is 1. The molecule has 0 bridgehead atoms. The van der Waals surface area contributed by atoms with Gasteiger partial charge < -0.3 is 5.32 Å². The van der Waals surface area contributed by atoms with Crippen LogP contribution in [0, 0.1) is 6.92 Å². The number of carbonyl (C=O) groups excluding carboxylic acids is 2. The average molecular weight is 298 g/mol. The standard InChI is InChI=1S/C16H16N2O2.C2H6/c1-10-6-7-13(12-5-3-2-4-11(10)12)17-14-8-9-15(19)18-16(14)20;1-2/h2-7,14,17H,8-9H2,1H3,(H,18,19,20);1-2H3. The Balaban J connectivity index is 0.000000847. The Morgan fingerprint density at radius 1 is 1.05 bits per heavy atom. The summed E-state index contributed by atoms with van der Waals surface area (Å²) in [6.07, 6.45) is 0.917. The fourth-order valence-electron chi connectivity index (χ4n) is 2.59. The maximum atomic E-state index is 11.8. The molecule has 0 aliphatic carbocycles. The molecule has 2 aromatic rings. The van der Waals surface area contributed by atoms with Crippen molar-refractivity contribution in [2.24, 2.45) is 0 Å². The Morgan fingerprint density at radius 2 is 1.73 bits per heavy atom. The van der Waals surface area contributed by atoms with Crippen molar-refractivity contribution in [1.29, 1.82) is 0 Å². The molecule has 2 aromatic carbocycles. The van der Waals surface area contributed by atoms with Crippen LogP contribution in [0.15, 0.2) is 36.4 Å². The number of benzene rings is 2. The van der Waals surface area contributed by atoms with Crippen LogP contribution in [0.5, 0.6) is 0 Å². The first-order valence-corrected chi connectivity index (χ1v) is 7.74. The van der Waals surface area contributed by atoms with Crippen molar-refractivity contribution in [3.8, 4) is 0 Å². The van der Waals surface area contributed by atoms with Gasteiger partial charge in [-0.3, -0.25) is 14.9 Å². The maximum absolute atomic E-state index is 11.8. The van der Waals surface area contributed by atoms with E-state index in [1.165, 1.54) is 10.9 Å². The number of amides is 2. The molecule has 116 valence electrons. The van der Waals surface area contributed by atoms with Gasteiger partial charge in [0.2, 0.25) is 11.8 Å². The molecule has 2 N–H and O–H groups in total. The van der Waals surface area contributed by atoms with Gasteiger partial charge in [-0.1, -0.05) is 44.2 Å². The van der Waals surface area contributed by atoms with Gasteiger partial charge in [0.25, 0.3) is 0 Å². The summed E-state index contributed by atoms with van der Waals surface area (Å²) in [5.74, 6) is -0.437. The number of fused-ring (bicyclic) bond motifs is 1. The molecule has 22 heavy (non-hydrogen) atoms. The molecule has 1 aliphatic rings. The molecule has 0 saturated carbocycles. The Hall–Kier alpha value is -2.36. The first kappa shape index (κ1) is 16.0. The quantitative estimate of drug-likeness (QED) is 0.836. The molecule has 4 nitrogen and oxygen atoms in total. The number of hydrogen-bond donors (Lipinski definition) is 2. The minimum atomic E-state index is -0.348. The summed E-state index contributed by atoms with van der Waals surface area (Å²) in [5, 5.41) is 7.89. The second-order valence-electron chi connectivity index (χ2n) is 5.12. The highest BCUT2D eigenvalue weighted by atomic mass is 16.2. The van der Waals surface area contributed by atoms with E-state index in [4.69, 9.17) is 0 Å². The summed E-state index contributed by atoms with van der Waals surface area (Å²) in [5.41, 5.74) is 2.13. The third kappa shape index (κ3) is 3.27. The van der Waals surface area contributed by atoms with Crippen molar-refractivity contribution in [2.75, 3.05) is 5.32 Å². The maximum Gasteiger partial charge on any atom is 0.249 e. The van der Waals surface area contributed by atoms with Gasteiger partial charge in [0, 0.05) is 17.5 Å². The molecule has 0 spiro atoms. The SMILES string of the molecule is CC.Cc1ccc(NC2CCC(=O)NC2=O)c2ccccc12. The highest BCUT2D eigenvalue weighted by molar-refractivity contribution is 6.03. The van der Waals surface area contributed by atoms with E-state index in [2.05, 4.69) is 23.6 Å². The number of rotatable bonds is 2. The molecule has 1 atom stereocenters. The lowest BCUT2D eigenvalue weighted by Crippen LogP contribution is -2.47. The Labute approximate surface area is 130 Å². The van der Waals surface area contributed by atoms with Crippen molar-refractivity contribution in [3.05, 3.63) is 42.0 Å². The van der Waals surface area contributed by atoms with Crippen LogP contribution in [-0.2, 0) is 9.59 Å². The zero-order valence-electron chi connectivity index (χ0n) is 13.3. The lowest BCUT2D eigenvalue weighted by Gasteiger charge is -2.23. The lowest BCUT2D eigenvalue weighted by molar-refractivity contribution is -0.133. The van der Waals surface area contributed by atoms with Crippen LogP contribution >= 0.6 is 0 Å². The van der Waals surface area contributed by atoms with Crippen LogP contribution in [0.3, 0.4) is 0 Å². The van der Waals surface area contributed by atoms with E-state index in [0.717, 1.165) is 11.1 Å². The number of piperidine rings is 1.